The largest absolute Gasteiger partial charge is 0.353 e. The summed E-state index contributed by atoms with van der Waals surface area (Å²) < 4.78 is 0. The lowest BCUT2D eigenvalue weighted by molar-refractivity contribution is -0.118. The molecule has 2 heterocycles. The van der Waals surface area contributed by atoms with Crippen LogP contribution in [0, 0.1) is 0 Å². The maximum Gasteiger partial charge on any atom is 0.229 e. The van der Waals surface area contributed by atoms with E-state index in [4.69, 9.17) is 23.2 Å². The molecule has 1 N–H and O–H groups in total. The van der Waals surface area contributed by atoms with Crippen molar-refractivity contribution >= 4 is 47.1 Å². The summed E-state index contributed by atoms with van der Waals surface area (Å²) >= 11 is 12.0. The van der Waals surface area contributed by atoms with E-state index < -0.39 is 0 Å². The van der Waals surface area contributed by atoms with Crippen LogP contribution in [-0.4, -0.2) is 47.5 Å². The number of carbonyl (C=O) groups excluding carboxylic acids is 1. The highest BCUT2D eigenvalue weighted by Crippen LogP contribution is 2.27. The highest BCUT2D eigenvalue weighted by Gasteiger charge is 2.17. The number of hydrogen-bond donors (Lipinski definition) is 1. The molecule has 1 aromatic carbocycles. The maximum absolute atomic E-state index is 10.8. The Morgan fingerprint density at radius 3 is 2.61 bits per heavy atom. The molecule has 0 saturated carbocycles. The summed E-state index contributed by atoms with van der Waals surface area (Å²) in [6, 6.07) is 7.04. The molecule has 8 heteroatoms. The Labute approximate surface area is 144 Å². The molecular weight excluding hydrogens is 337 g/mol. The van der Waals surface area contributed by atoms with Gasteiger partial charge >= 0.3 is 0 Å². The van der Waals surface area contributed by atoms with E-state index in [1.807, 2.05) is 6.07 Å². The molecule has 120 valence electrons. The standard InChI is InChI=1S/C15H15Cl2N5O/c16-11-1-2-13(12(17)9-11)19-15-18-4-3-14(20-15)22-7-5-21(10-23)6-8-22/h1-4,9-10H,5-8H2,(H,18,19,20). The minimum atomic E-state index is 0.463. The zero-order valence-corrected chi connectivity index (χ0v) is 13.8. The van der Waals surface area contributed by atoms with E-state index in [0.29, 0.717) is 34.8 Å². The van der Waals surface area contributed by atoms with Gasteiger partial charge in [-0.3, -0.25) is 4.79 Å². The summed E-state index contributed by atoms with van der Waals surface area (Å²) in [6.45, 7) is 2.88. The van der Waals surface area contributed by atoms with E-state index in [1.165, 1.54) is 0 Å². The molecule has 1 aliphatic heterocycles. The molecule has 0 bridgehead atoms. The predicted molar refractivity (Wildman–Crippen MR) is 91.6 cm³/mol. The summed E-state index contributed by atoms with van der Waals surface area (Å²) in [4.78, 5) is 23.4. The number of amides is 1. The Morgan fingerprint density at radius 2 is 1.91 bits per heavy atom. The summed E-state index contributed by atoms with van der Waals surface area (Å²) in [6.07, 6.45) is 2.58. The lowest BCUT2D eigenvalue weighted by atomic mass is 10.3. The molecule has 1 saturated heterocycles. The van der Waals surface area contributed by atoms with Crippen LogP contribution >= 0.6 is 23.2 Å². The first-order valence-electron chi connectivity index (χ1n) is 7.15. The molecule has 1 aliphatic rings. The van der Waals surface area contributed by atoms with Gasteiger partial charge in [0.05, 0.1) is 10.7 Å². The molecule has 1 amide bonds. The van der Waals surface area contributed by atoms with Crippen LogP contribution in [0.25, 0.3) is 0 Å². The average molecular weight is 352 g/mol. The van der Waals surface area contributed by atoms with Crippen LogP contribution in [0.2, 0.25) is 10.0 Å². The highest BCUT2D eigenvalue weighted by molar-refractivity contribution is 6.36. The van der Waals surface area contributed by atoms with Crippen LogP contribution in [0.15, 0.2) is 30.5 Å². The SMILES string of the molecule is O=CN1CCN(c2ccnc(Nc3ccc(Cl)cc3Cl)n2)CC1. The van der Waals surface area contributed by atoms with E-state index in [0.717, 1.165) is 25.3 Å². The van der Waals surface area contributed by atoms with Gasteiger partial charge in [0.2, 0.25) is 12.4 Å². The van der Waals surface area contributed by atoms with Crippen LogP contribution < -0.4 is 10.2 Å². The first-order valence-corrected chi connectivity index (χ1v) is 7.91. The van der Waals surface area contributed by atoms with Crippen LogP contribution in [0.1, 0.15) is 0 Å². The second-order valence-electron chi connectivity index (χ2n) is 5.12. The Kier molecular flexibility index (Phi) is 4.83. The smallest absolute Gasteiger partial charge is 0.229 e. The predicted octanol–water partition coefficient (Wildman–Crippen LogP) is 2.81. The van der Waals surface area contributed by atoms with Crippen LogP contribution in [0.3, 0.4) is 0 Å². The van der Waals surface area contributed by atoms with Gasteiger partial charge in [-0.1, -0.05) is 23.2 Å². The number of benzene rings is 1. The van der Waals surface area contributed by atoms with E-state index in [2.05, 4.69) is 20.2 Å². The van der Waals surface area contributed by atoms with Crippen molar-refractivity contribution in [2.45, 2.75) is 0 Å². The molecule has 0 spiro atoms. The van der Waals surface area contributed by atoms with Crippen molar-refractivity contribution in [1.29, 1.82) is 0 Å². The van der Waals surface area contributed by atoms with Gasteiger partial charge in [0.1, 0.15) is 5.82 Å². The van der Waals surface area contributed by atoms with Crippen molar-refractivity contribution < 1.29 is 4.79 Å². The number of piperazine rings is 1. The van der Waals surface area contributed by atoms with Gasteiger partial charge in [-0.2, -0.15) is 4.98 Å². The van der Waals surface area contributed by atoms with E-state index in [9.17, 15) is 4.79 Å². The Balaban J connectivity index is 1.74. The third-order valence-corrected chi connectivity index (χ3v) is 4.15. The van der Waals surface area contributed by atoms with Gasteiger partial charge in [0.25, 0.3) is 0 Å². The number of halogens is 2. The normalized spacial score (nSPS) is 14.7. The zero-order valence-electron chi connectivity index (χ0n) is 12.2. The van der Waals surface area contributed by atoms with Gasteiger partial charge in [-0.05, 0) is 24.3 Å². The van der Waals surface area contributed by atoms with Crippen molar-refractivity contribution in [3.63, 3.8) is 0 Å². The third kappa shape index (κ3) is 3.83. The van der Waals surface area contributed by atoms with Crippen molar-refractivity contribution in [3.05, 3.63) is 40.5 Å². The molecule has 6 nitrogen and oxygen atoms in total. The summed E-state index contributed by atoms with van der Waals surface area (Å²) in [5.74, 6) is 1.28. The quantitative estimate of drug-likeness (QED) is 0.858. The van der Waals surface area contributed by atoms with Gasteiger partial charge < -0.3 is 15.1 Å². The highest BCUT2D eigenvalue weighted by atomic mass is 35.5. The molecule has 0 unspecified atom stereocenters. The van der Waals surface area contributed by atoms with Gasteiger partial charge in [-0.25, -0.2) is 4.98 Å². The van der Waals surface area contributed by atoms with E-state index in [-0.39, 0.29) is 0 Å². The molecule has 1 aromatic heterocycles. The fourth-order valence-electron chi connectivity index (χ4n) is 2.35. The number of nitrogens with zero attached hydrogens (tertiary/aromatic N) is 4. The number of hydrogen-bond acceptors (Lipinski definition) is 5. The zero-order chi connectivity index (χ0) is 16.2. The van der Waals surface area contributed by atoms with Gasteiger partial charge in [0, 0.05) is 37.4 Å². The van der Waals surface area contributed by atoms with Crippen LogP contribution in [0.4, 0.5) is 17.5 Å². The Bertz CT molecular complexity index is 704. The first-order chi connectivity index (χ1) is 11.2. The van der Waals surface area contributed by atoms with Crippen molar-refractivity contribution in [3.8, 4) is 0 Å². The monoisotopic (exact) mass is 351 g/mol. The Morgan fingerprint density at radius 1 is 1.13 bits per heavy atom. The lowest BCUT2D eigenvalue weighted by Crippen LogP contribution is -2.46. The number of nitrogens with one attached hydrogen (secondary N) is 1. The second kappa shape index (κ2) is 7.02. The third-order valence-electron chi connectivity index (χ3n) is 3.61. The molecular formula is C15H15Cl2N5O. The number of aromatic nitrogens is 2. The first kappa shape index (κ1) is 15.8. The molecule has 1 fully saturated rings. The minimum Gasteiger partial charge on any atom is -0.353 e. The lowest BCUT2D eigenvalue weighted by Gasteiger charge is -2.33. The molecule has 0 aliphatic carbocycles. The molecule has 2 aromatic rings. The fraction of sp³-hybridized carbons (Fsp3) is 0.267. The van der Waals surface area contributed by atoms with Crippen LogP contribution in [0.5, 0.6) is 0 Å². The molecule has 0 atom stereocenters. The average Bonchev–Trinajstić information content (AvgIpc) is 2.58. The van der Waals surface area contributed by atoms with Crippen molar-refractivity contribution in [2.24, 2.45) is 0 Å². The van der Waals surface area contributed by atoms with E-state index in [1.54, 1.807) is 29.3 Å². The van der Waals surface area contributed by atoms with Crippen molar-refractivity contribution in [1.82, 2.24) is 14.9 Å². The molecule has 23 heavy (non-hydrogen) atoms. The van der Waals surface area contributed by atoms with Crippen LogP contribution in [-0.2, 0) is 4.79 Å². The molecule has 0 radical (unpaired) electrons. The number of anilines is 3. The fourth-order valence-corrected chi connectivity index (χ4v) is 2.81. The van der Waals surface area contributed by atoms with Crippen molar-refractivity contribution in [2.75, 3.05) is 36.4 Å². The second-order valence-corrected chi connectivity index (χ2v) is 5.96. The summed E-state index contributed by atoms with van der Waals surface area (Å²) in [7, 11) is 0. The van der Waals surface area contributed by atoms with E-state index >= 15 is 0 Å². The van der Waals surface area contributed by atoms with Gasteiger partial charge in [0.15, 0.2) is 0 Å². The Hall–Kier alpha value is -2.05. The molecule has 3 rings (SSSR count). The topological polar surface area (TPSA) is 61.4 Å². The summed E-state index contributed by atoms with van der Waals surface area (Å²) in [5.41, 5.74) is 0.694. The summed E-state index contributed by atoms with van der Waals surface area (Å²) in [5, 5.41) is 4.17. The number of rotatable bonds is 4. The minimum absolute atomic E-state index is 0.463. The van der Waals surface area contributed by atoms with Gasteiger partial charge in [-0.15, -0.1) is 0 Å². The number of carbonyl (C=O) groups is 1. The maximum atomic E-state index is 10.8.